The van der Waals surface area contributed by atoms with Gasteiger partial charge in [0.25, 0.3) is 0 Å². The maximum absolute atomic E-state index is 12.5. The van der Waals surface area contributed by atoms with Crippen molar-refractivity contribution in [3.8, 4) is 0 Å². The van der Waals surface area contributed by atoms with Gasteiger partial charge in [0, 0.05) is 26.2 Å². The van der Waals surface area contributed by atoms with E-state index in [0.717, 1.165) is 19.4 Å². The average molecular weight is 240 g/mol. The maximum Gasteiger partial charge on any atom is 0.394 e. The molecule has 0 saturated carbocycles. The molecule has 0 amide bonds. The molecular formula is C10H19F3N2O. The molecule has 16 heavy (non-hydrogen) atoms. The smallest absolute Gasteiger partial charge is 0.377 e. The van der Waals surface area contributed by atoms with Gasteiger partial charge >= 0.3 is 6.18 Å². The first kappa shape index (κ1) is 13.7. The van der Waals surface area contributed by atoms with E-state index < -0.39 is 12.1 Å². The molecule has 1 aliphatic heterocycles. The number of nitrogens with zero attached hydrogens (tertiary/aromatic N) is 1. The highest BCUT2D eigenvalue weighted by Gasteiger charge is 2.39. The van der Waals surface area contributed by atoms with Crippen LogP contribution in [0.15, 0.2) is 0 Å². The van der Waals surface area contributed by atoms with Gasteiger partial charge in [-0.1, -0.05) is 0 Å². The van der Waals surface area contributed by atoms with Crippen LogP contribution in [-0.4, -0.2) is 50.5 Å². The SMILES string of the molecule is CN(CC1CCCO1)CC(CN)C(F)(F)F. The topological polar surface area (TPSA) is 38.5 Å². The summed E-state index contributed by atoms with van der Waals surface area (Å²) in [5.41, 5.74) is 5.14. The summed E-state index contributed by atoms with van der Waals surface area (Å²) in [5.74, 6) is -1.45. The monoisotopic (exact) mass is 240 g/mol. The lowest BCUT2D eigenvalue weighted by atomic mass is 10.1. The number of nitrogens with two attached hydrogens (primary N) is 1. The molecule has 0 bridgehead atoms. The van der Waals surface area contributed by atoms with Gasteiger partial charge in [0.15, 0.2) is 0 Å². The number of alkyl halides is 3. The zero-order chi connectivity index (χ0) is 12.2. The minimum absolute atomic E-state index is 0.0557. The Kier molecular flexibility index (Phi) is 5.01. The molecule has 1 rings (SSSR count). The lowest BCUT2D eigenvalue weighted by Gasteiger charge is -2.26. The molecule has 0 aromatic rings. The lowest BCUT2D eigenvalue weighted by molar-refractivity contribution is -0.176. The Labute approximate surface area is 93.7 Å². The summed E-state index contributed by atoms with van der Waals surface area (Å²) < 4.78 is 42.7. The van der Waals surface area contributed by atoms with Gasteiger partial charge in [-0.05, 0) is 19.9 Å². The van der Waals surface area contributed by atoms with Crippen LogP contribution in [0.3, 0.4) is 0 Å². The summed E-state index contributed by atoms with van der Waals surface area (Å²) in [6.45, 7) is 0.851. The predicted molar refractivity (Wildman–Crippen MR) is 55.1 cm³/mol. The van der Waals surface area contributed by atoms with Crippen LogP contribution < -0.4 is 5.73 Å². The second kappa shape index (κ2) is 5.84. The molecule has 2 unspecified atom stereocenters. The van der Waals surface area contributed by atoms with Gasteiger partial charge in [-0.25, -0.2) is 0 Å². The first-order valence-corrected chi connectivity index (χ1v) is 5.50. The molecule has 2 atom stereocenters. The molecule has 1 heterocycles. The third kappa shape index (κ3) is 4.27. The molecule has 1 fully saturated rings. The highest BCUT2D eigenvalue weighted by molar-refractivity contribution is 4.75. The van der Waals surface area contributed by atoms with Crippen LogP contribution in [0, 0.1) is 5.92 Å². The molecule has 0 aromatic carbocycles. The van der Waals surface area contributed by atoms with E-state index in [4.69, 9.17) is 10.5 Å². The van der Waals surface area contributed by atoms with Crippen LogP contribution in [0.1, 0.15) is 12.8 Å². The van der Waals surface area contributed by atoms with Crippen molar-refractivity contribution in [2.75, 3.05) is 33.3 Å². The molecule has 0 radical (unpaired) electrons. The van der Waals surface area contributed by atoms with Crippen LogP contribution in [0.25, 0.3) is 0 Å². The van der Waals surface area contributed by atoms with E-state index in [1.807, 2.05) is 0 Å². The summed E-state index contributed by atoms with van der Waals surface area (Å²) in [7, 11) is 1.68. The number of ether oxygens (including phenoxy) is 1. The molecule has 0 spiro atoms. The minimum Gasteiger partial charge on any atom is -0.377 e. The van der Waals surface area contributed by atoms with Crippen molar-refractivity contribution in [3.05, 3.63) is 0 Å². The van der Waals surface area contributed by atoms with Gasteiger partial charge in [0.05, 0.1) is 12.0 Å². The van der Waals surface area contributed by atoms with E-state index in [0.29, 0.717) is 6.54 Å². The van der Waals surface area contributed by atoms with Gasteiger partial charge in [0.2, 0.25) is 0 Å². The molecule has 1 aliphatic rings. The predicted octanol–water partition coefficient (Wildman–Crippen LogP) is 1.23. The number of likely N-dealkylation sites (N-methyl/N-ethyl adjacent to an activating group) is 1. The van der Waals surface area contributed by atoms with Crippen molar-refractivity contribution >= 4 is 0 Å². The molecule has 6 heteroatoms. The van der Waals surface area contributed by atoms with Crippen LogP contribution >= 0.6 is 0 Å². The maximum atomic E-state index is 12.5. The van der Waals surface area contributed by atoms with Crippen molar-refractivity contribution in [2.45, 2.75) is 25.1 Å². The van der Waals surface area contributed by atoms with Crippen molar-refractivity contribution in [1.82, 2.24) is 4.90 Å². The highest BCUT2D eigenvalue weighted by atomic mass is 19.4. The Morgan fingerprint density at radius 2 is 2.19 bits per heavy atom. The van der Waals surface area contributed by atoms with Crippen molar-refractivity contribution in [3.63, 3.8) is 0 Å². The molecule has 3 nitrogen and oxygen atoms in total. The van der Waals surface area contributed by atoms with E-state index in [-0.39, 0.29) is 19.2 Å². The third-order valence-electron chi connectivity index (χ3n) is 2.82. The van der Waals surface area contributed by atoms with Crippen molar-refractivity contribution in [2.24, 2.45) is 11.7 Å². The van der Waals surface area contributed by atoms with Crippen LogP contribution in [-0.2, 0) is 4.74 Å². The minimum atomic E-state index is -4.21. The van der Waals surface area contributed by atoms with Gasteiger partial charge in [-0.2, -0.15) is 13.2 Å². The molecule has 0 aliphatic carbocycles. The van der Waals surface area contributed by atoms with Crippen LogP contribution in [0.2, 0.25) is 0 Å². The standard InChI is InChI=1S/C10H19F3N2O/c1-15(7-9-3-2-4-16-9)6-8(5-14)10(11,12)13/h8-9H,2-7,14H2,1H3. The van der Waals surface area contributed by atoms with E-state index in [1.54, 1.807) is 11.9 Å². The van der Waals surface area contributed by atoms with Gasteiger partial charge in [-0.15, -0.1) is 0 Å². The lowest BCUT2D eigenvalue weighted by Crippen LogP contribution is -2.41. The second-order valence-corrected chi connectivity index (χ2v) is 4.33. The number of hydrogen-bond acceptors (Lipinski definition) is 3. The number of halogens is 3. The number of hydrogen-bond donors (Lipinski definition) is 1. The third-order valence-corrected chi connectivity index (χ3v) is 2.82. The Morgan fingerprint density at radius 3 is 2.62 bits per heavy atom. The Hall–Kier alpha value is -0.330. The van der Waals surface area contributed by atoms with Gasteiger partial charge < -0.3 is 15.4 Å². The molecule has 96 valence electrons. The van der Waals surface area contributed by atoms with E-state index in [2.05, 4.69) is 0 Å². The van der Waals surface area contributed by atoms with Crippen molar-refractivity contribution in [1.29, 1.82) is 0 Å². The summed E-state index contributed by atoms with van der Waals surface area (Å²) >= 11 is 0. The molecular weight excluding hydrogens is 221 g/mol. The zero-order valence-electron chi connectivity index (χ0n) is 9.46. The fourth-order valence-corrected chi connectivity index (χ4v) is 1.90. The Morgan fingerprint density at radius 1 is 1.50 bits per heavy atom. The normalized spacial score (nSPS) is 24.0. The molecule has 1 saturated heterocycles. The first-order valence-electron chi connectivity index (χ1n) is 5.50. The Bertz CT molecular complexity index is 205. The number of rotatable bonds is 5. The summed E-state index contributed by atoms with van der Waals surface area (Å²) in [5, 5.41) is 0. The van der Waals surface area contributed by atoms with Crippen molar-refractivity contribution < 1.29 is 17.9 Å². The van der Waals surface area contributed by atoms with Gasteiger partial charge in [0.1, 0.15) is 0 Å². The quantitative estimate of drug-likeness (QED) is 0.785. The van der Waals surface area contributed by atoms with Gasteiger partial charge in [-0.3, -0.25) is 0 Å². The van der Waals surface area contributed by atoms with E-state index in [1.165, 1.54) is 0 Å². The summed E-state index contributed by atoms with van der Waals surface area (Å²) in [4.78, 5) is 1.65. The largest absolute Gasteiger partial charge is 0.394 e. The Balaban J connectivity index is 2.33. The molecule has 2 N–H and O–H groups in total. The fraction of sp³-hybridized carbons (Fsp3) is 1.00. The average Bonchev–Trinajstić information content (AvgIpc) is 2.64. The highest BCUT2D eigenvalue weighted by Crippen LogP contribution is 2.26. The summed E-state index contributed by atoms with van der Waals surface area (Å²) in [6.07, 6.45) is -2.20. The van der Waals surface area contributed by atoms with E-state index >= 15 is 0 Å². The zero-order valence-corrected chi connectivity index (χ0v) is 9.46. The fourth-order valence-electron chi connectivity index (χ4n) is 1.90. The second-order valence-electron chi connectivity index (χ2n) is 4.33. The first-order chi connectivity index (χ1) is 7.43. The van der Waals surface area contributed by atoms with Crippen LogP contribution in [0.5, 0.6) is 0 Å². The van der Waals surface area contributed by atoms with Crippen LogP contribution in [0.4, 0.5) is 13.2 Å². The molecule has 0 aromatic heterocycles. The van der Waals surface area contributed by atoms with E-state index in [9.17, 15) is 13.2 Å². The summed E-state index contributed by atoms with van der Waals surface area (Å²) in [6, 6.07) is 0.